The summed E-state index contributed by atoms with van der Waals surface area (Å²) in [6, 6.07) is 0. The van der Waals surface area contributed by atoms with Crippen molar-refractivity contribution in [3.63, 3.8) is 0 Å². The van der Waals surface area contributed by atoms with Gasteiger partial charge in [-0.15, -0.1) is 0 Å². The summed E-state index contributed by atoms with van der Waals surface area (Å²) in [7, 11) is 0. The van der Waals surface area contributed by atoms with E-state index in [9.17, 15) is 4.79 Å². The molecule has 0 aliphatic carbocycles. The van der Waals surface area contributed by atoms with Crippen molar-refractivity contribution in [1.29, 1.82) is 0 Å². The summed E-state index contributed by atoms with van der Waals surface area (Å²) in [5.74, 6) is 1.13. The van der Waals surface area contributed by atoms with Gasteiger partial charge in [-0.2, -0.15) is 0 Å². The second-order valence-electron chi connectivity index (χ2n) is 7.84. The number of hydrogen-bond donors (Lipinski definition) is 0. The van der Waals surface area contributed by atoms with E-state index in [4.69, 9.17) is 0 Å². The lowest BCUT2D eigenvalue weighted by molar-refractivity contribution is -0.117. The fourth-order valence-corrected chi connectivity index (χ4v) is 4.03. The maximum Gasteiger partial charge on any atom is 0.129 e. The van der Waals surface area contributed by atoms with Gasteiger partial charge in [0.25, 0.3) is 0 Å². The number of Topliss-reactive ketones (excluding diaryl/α,β-unsaturated/α-hetero) is 1. The quantitative estimate of drug-likeness (QED) is 0.751. The molecule has 21 heavy (non-hydrogen) atoms. The SMILES string of the molecule is CC(=O)CCCN1CCC2(CC1)CCN(CC(C)C)CC2. The van der Waals surface area contributed by atoms with Gasteiger partial charge in [-0.25, -0.2) is 0 Å². The van der Waals surface area contributed by atoms with E-state index >= 15 is 0 Å². The number of rotatable bonds is 6. The Balaban J connectivity index is 1.68. The third kappa shape index (κ3) is 5.37. The minimum absolute atomic E-state index is 0.334. The number of likely N-dealkylation sites (tertiary alicyclic amines) is 2. The standard InChI is InChI=1S/C18H34N2O/c1-16(2)15-20-13-8-18(9-14-20)6-11-19(12-7-18)10-4-5-17(3)21/h16H,4-15H2,1-3H3. The molecule has 0 atom stereocenters. The Kier molecular flexibility index (Phi) is 6.24. The molecule has 2 heterocycles. The maximum atomic E-state index is 11.0. The summed E-state index contributed by atoms with van der Waals surface area (Å²) in [5, 5.41) is 0. The van der Waals surface area contributed by atoms with Crippen LogP contribution in [0.3, 0.4) is 0 Å². The second kappa shape index (κ2) is 7.73. The molecule has 2 saturated heterocycles. The van der Waals surface area contributed by atoms with Gasteiger partial charge in [0.1, 0.15) is 5.78 Å². The maximum absolute atomic E-state index is 11.0. The lowest BCUT2D eigenvalue weighted by Crippen LogP contribution is -2.47. The monoisotopic (exact) mass is 294 g/mol. The summed E-state index contributed by atoms with van der Waals surface area (Å²) >= 11 is 0. The van der Waals surface area contributed by atoms with Gasteiger partial charge in [0.2, 0.25) is 0 Å². The zero-order chi connectivity index (χ0) is 15.3. The Morgan fingerprint density at radius 3 is 2.00 bits per heavy atom. The molecule has 122 valence electrons. The minimum Gasteiger partial charge on any atom is -0.303 e. The number of piperidine rings is 2. The summed E-state index contributed by atoms with van der Waals surface area (Å²) in [5.41, 5.74) is 0.643. The molecule has 2 aliphatic rings. The summed E-state index contributed by atoms with van der Waals surface area (Å²) in [4.78, 5) is 16.3. The second-order valence-corrected chi connectivity index (χ2v) is 7.84. The van der Waals surface area contributed by atoms with E-state index < -0.39 is 0 Å². The number of hydrogen-bond acceptors (Lipinski definition) is 3. The number of carbonyl (C=O) groups is 1. The third-order valence-electron chi connectivity index (χ3n) is 5.46. The van der Waals surface area contributed by atoms with E-state index in [-0.39, 0.29) is 0 Å². The molecule has 0 aromatic carbocycles. The van der Waals surface area contributed by atoms with Crippen molar-refractivity contribution in [2.45, 2.75) is 59.3 Å². The van der Waals surface area contributed by atoms with Crippen LogP contribution < -0.4 is 0 Å². The van der Waals surface area contributed by atoms with Crippen LogP contribution >= 0.6 is 0 Å². The zero-order valence-corrected chi connectivity index (χ0v) is 14.4. The molecule has 2 aliphatic heterocycles. The molecule has 3 heteroatoms. The Morgan fingerprint density at radius 2 is 1.52 bits per heavy atom. The summed E-state index contributed by atoms with van der Waals surface area (Å²) in [6.45, 7) is 13.9. The van der Waals surface area contributed by atoms with Gasteiger partial charge < -0.3 is 14.6 Å². The predicted octanol–water partition coefficient (Wildman–Crippen LogP) is 3.19. The molecule has 2 fully saturated rings. The molecule has 0 N–H and O–H groups in total. The number of ketones is 1. The Hall–Kier alpha value is -0.410. The van der Waals surface area contributed by atoms with Crippen LogP contribution in [-0.4, -0.2) is 54.9 Å². The topological polar surface area (TPSA) is 23.6 Å². The van der Waals surface area contributed by atoms with Crippen LogP contribution in [-0.2, 0) is 4.79 Å². The van der Waals surface area contributed by atoms with Gasteiger partial charge in [0.05, 0.1) is 0 Å². The first-order valence-electron chi connectivity index (χ1n) is 8.93. The van der Waals surface area contributed by atoms with Crippen molar-refractivity contribution in [2.75, 3.05) is 39.3 Å². The summed E-state index contributed by atoms with van der Waals surface area (Å²) < 4.78 is 0. The molecule has 0 amide bonds. The zero-order valence-electron chi connectivity index (χ0n) is 14.4. The van der Waals surface area contributed by atoms with E-state index in [1.165, 1.54) is 58.4 Å². The van der Waals surface area contributed by atoms with E-state index in [0.29, 0.717) is 11.2 Å². The number of nitrogens with zero attached hydrogens (tertiary/aromatic N) is 2. The van der Waals surface area contributed by atoms with Gasteiger partial charge in [-0.3, -0.25) is 0 Å². The van der Waals surface area contributed by atoms with Crippen molar-refractivity contribution in [2.24, 2.45) is 11.3 Å². The van der Waals surface area contributed by atoms with Crippen molar-refractivity contribution >= 4 is 5.78 Å². The number of carbonyl (C=O) groups excluding carboxylic acids is 1. The van der Waals surface area contributed by atoms with E-state index in [0.717, 1.165) is 25.3 Å². The van der Waals surface area contributed by atoms with Crippen LogP contribution in [0.4, 0.5) is 0 Å². The van der Waals surface area contributed by atoms with Gasteiger partial charge in [0.15, 0.2) is 0 Å². The molecular weight excluding hydrogens is 260 g/mol. The van der Waals surface area contributed by atoms with Gasteiger partial charge in [-0.05, 0) is 83.1 Å². The van der Waals surface area contributed by atoms with Crippen molar-refractivity contribution in [1.82, 2.24) is 9.80 Å². The van der Waals surface area contributed by atoms with Crippen LogP contribution in [0.5, 0.6) is 0 Å². The van der Waals surface area contributed by atoms with Crippen LogP contribution in [0.1, 0.15) is 59.3 Å². The largest absolute Gasteiger partial charge is 0.303 e. The fraction of sp³-hybridized carbons (Fsp3) is 0.944. The predicted molar refractivity (Wildman–Crippen MR) is 88.5 cm³/mol. The third-order valence-corrected chi connectivity index (χ3v) is 5.46. The van der Waals surface area contributed by atoms with E-state index in [2.05, 4.69) is 23.6 Å². The first-order valence-corrected chi connectivity index (χ1v) is 8.93. The molecular formula is C18H34N2O. The van der Waals surface area contributed by atoms with Crippen molar-refractivity contribution in [3.8, 4) is 0 Å². The van der Waals surface area contributed by atoms with Crippen LogP contribution in [0.15, 0.2) is 0 Å². The lowest BCUT2D eigenvalue weighted by Gasteiger charge is -2.47. The highest BCUT2D eigenvalue weighted by Gasteiger charge is 2.37. The van der Waals surface area contributed by atoms with Gasteiger partial charge in [0, 0.05) is 13.0 Å². The molecule has 0 saturated carbocycles. The first-order chi connectivity index (χ1) is 9.99. The molecule has 0 radical (unpaired) electrons. The summed E-state index contributed by atoms with van der Waals surface area (Å²) in [6.07, 6.45) is 7.36. The van der Waals surface area contributed by atoms with E-state index in [1.54, 1.807) is 6.92 Å². The molecule has 0 aromatic rings. The minimum atomic E-state index is 0.334. The first kappa shape index (κ1) is 17.0. The Morgan fingerprint density at radius 1 is 1.00 bits per heavy atom. The van der Waals surface area contributed by atoms with Crippen LogP contribution in [0, 0.1) is 11.3 Å². The van der Waals surface area contributed by atoms with Crippen LogP contribution in [0.2, 0.25) is 0 Å². The Labute approximate surface area is 131 Å². The normalized spacial score (nSPS) is 23.8. The Bertz CT molecular complexity index is 322. The van der Waals surface area contributed by atoms with Gasteiger partial charge >= 0.3 is 0 Å². The fourth-order valence-electron chi connectivity index (χ4n) is 4.03. The highest BCUT2D eigenvalue weighted by Crippen LogP contribution is 2.41. The van der Waals surface area contributed by atoms with Crippen LogP contribution in [0.25, 0.3) is 0 Å². The van der Waals surface area contributed by atoms with Crippen molar-refractivity contribution < 1.29 is 4.79 Å². The van der Waals surface area contributed by atoms with E-state index in [1.807, 2.05) is 0 Å². The average Bonchev–Trinajstić information content (AvgIpc) is 2.43. The molecule has 3 nitrogen and oxygen atoms in total. The molecule has 1 spiro atoms. The molecule has 0 unspecified atom stereocenters. The van der Waals surface area contributed by atoms with Gasteiger partial charge in [-0.1, -0.05) is 13.8 Å². The lowest BCUT2D eigenvalue weighted by atomic mass is 9.71. The highest BCUT2D eigenvalue weighted by atomic mass is 16.1. The molecule has 0 aromatic heterocycles. The molecule has 2 rings (SSSR count). The molecule has 0 bridgehead atoms. The highest BCUT2D eigenvalue weighted by molar-refractivity contribution is 5.75. The smallest absolute Gasteiger partial charge is 0.129 e. The average molecular weight is 294 g/mol. The van der Waals surface area contributed by atoms with Crippen molar-refractivity contribution in [3.05, 3.63) is 0 Å².